The molecule has 0 saturated heterocycles. The minimum absolute atomic E-state index is 0.519. The van der Waals surface area contributed by atoms with E-state index in [2.05, 4.69) is 38.4 Å². The molecule has 0 aliphatic heterocycles. The van der Waals surface area contributed by atoms with Crippen LogP contribution in [0.5, 0.6) is 0 Å². The number of pyridine rings is 1. The summed E-state index contributed by atoms with van der Waals surface area (Å²) in [7, 11) is 0. The zero-order chi connectivity index (χ0) is 18.2. The number of aromatic nitrogens is 8. The number of benzene rings is 1. The molecule has 0 spiro atoms. The Morgan fingerprint density at radius 3 is 2.93 bits per heavy atom. The molecule has 4 aromatic heterocycles. The zero-order valence-electron chi connectivity index (χ0n) is 14.4. The number of rotatable bonds is 4. The second kappa shape index (κ2) is 6.24. The van der Waals surface area contributed by atoms with Gasteiger partial charge < -0.3 is 0 Å². The lowest BCUT2D eigenvalue weighted by molar-refractivity contribution is 0.664. The maximum Gasteiger partial charge on any atom is 0.221 e. The molecule has 5 rings (SSSR count). The van der Waals surface area contributed by atoms with Crippen LogP contribution in [0.4, 0.5) is 0 Å². The van der Waals surface area contributed by atoms with E-state index >= 15 is 0 Å². The summed E-state index contributed by atoms with van der Waals surface area (Å²) in [5.41, 5.74) is 4.84. The summed E-state index contributed by atoms with van der Waals surface area (Å²) in [6.45, 7) is 4.94. The Balaban J connectivity index is 1.53. The van der Waals surface area contributed by atoms with Gasteiger partial charge in [-0.1, -0.05) is 17.3 Å². The highest BCUT2D eigenvalue weighted by Gasteiger charge is 2.12. The third kappa shape index (κ3) is 2.80. The van der Waals surface area contributed by atoms with Crippen LogP contribution in [0.1, 0.15) is 5.56 Å². The maximum atomic E-state index is 4.70. The van der Waals surface area contributed by atoms with Gasteiger partial charge in [-0.15, -0.1) is 5.10 Å². The van der Waals surface area contributed by atoms with Crippen LogP contribution < -0.4 is 0 Å². The van der Waals surface area contributed by atoms with Gasteiger partial charge in [0.15, 0.2) is 5.65 Å². The fourth-order valence-corrected chi connectivity index (χ4v) is 3.02. The standard InChI is InChI=1S/C19H15N8/c1-2-26-12-15(9-22-26)17-10-21-18-19(23-17)27(25-24-18)11-13-5-6-16-14(8-13)4-3-7-20-16/h3-10,12H,1-2,11H2. The fourth-order valence-electron chi connectivity index (χ4n) is 3.02. The van der Waals surface area contributed by atoms with Crippen molar-refractivity contribution in [2.45, 2.75) is 13.1 Å². The van der Waals surface area contributed by atoms with Crippen molar-refractivity contribution < 1.29 is 0 Å². The smallest absolute Gasteiger partial charge is 0.221 e. The highest BCUT2D eigenvalue weighted by molar-refractivity contribution is 5.79. The molecule has 1 aromatic carbocycles. The normalized spacial score (nSPS) is 11.4. The van der Waals surface area contributed by atoms with E-state index < -0.39 is 0 Å². The van der Waals surface area contributed by atoms with Crippen molar-refractivity contribution in [2.75, 3.05) is 0 Å². The summed E-state index contributed by atoms with van der Waals surface area (Å²) in [6, 6.07) is 10.1. The van der Waals surface area contributed by atoms with Gasteiger partial charge in [0.25, 0.3) is 0 Å². The number of hydrogen-bond acceptors (Lipinski definition) is 6. The molecule has 0 aliphatic carbocycles. The fraction of sp³-hybridized carbons (Fsp3) is 0.105. The van der Waals surface area contributed by atoms with E-state index in [0.717, 1.165) is 27.7 Å². The average Bonchev–Trinajstić information content (AvgIpc) is 3.35. The third-order valence-electron chi connectivity index (χ3n) is 4.39. The maximum absolute atomic E-state index is 4.70. The molecule has 5 aromatic rings. The molecule has 0 aliphatic rings. The van der Waals surface area contributed by atoms with E-state index in [0.29, 0.717) is 24.4 Å². The Kier molecular flexibility index (Phi) is 3.60. The Morgan fingerprint density at radius 1 is 1.07 bits per heavy atom. The summed E-state index contributed by atoms with van der Waals surface area (Å²) in [5.74, 6) is 0. The van der Waals surface area contributed by atoms with Gasteiger partial charge in [-0.05, 0) is 30.7 Å². The highest BCUT2D eigenvalue weighted by Crippen LogP contribution is 2.19. The van der Waals surface area contributed by atoms with Crippen LogP contribution in [0.2, 0.25) is 0 Å². The van der Waals surface area contributed by atoms with Crippen molar-refractivity contribution in [1.82, 2.24) is 39.7 Å². The van der Waals surface area contributed by atoms with Gasteiger partial charge in [-0.25, -0.2) is 14.6 Å². The Hall–Kier alpha value is -3.68. The molecule has 4 heterocycles. The molecule has 27 heavy (non-hydrogen) atoms. The lowest BCUT2D eigenvalue weighted by Crippen LogP contribution is -2.03. The lowest BCUT2D eigenvalue weighted by Gasteiger charge is -2.04. The van der Waals surface area contributed by atoms with Crippen LogP contribution in [-0.4, -0.2) is 39.7 Å². The highest BCUT2D eigenvalue weighted by atomic mass is 15.4. The van der Waals surface area contributed by atoms with Gasteiger partial charge in [0.1, 0.15) is 0 Å². The van der Waals surface area contributed by atoms with Gasteiger partial charge in [-0.2, -0.15) is 5.10 Å². The largest absolute Gasteiger partial charge is 0.272 e. The van der Waals surface area contributed by atoms with Crippen LogP contribution in [0.15, 0.2) is 55.1 Å². The van der Waals surface area contributed by atoms with E-state index in [4.69, 9.17) is 4.98 Å². The van der Waals surface area contributed by atoms with E-state index in [9.17, 15) is 0 Å². The van der Waals surface area contributed by atoms with Gasteiger partial charge in [0, 0.05) is 29.9 Å². The van der Waals surface area contributed by atoms with Crippen LogP contribution in [0, 0.1) is 6.92 Å². The molecule has 0 atom stereocenters. The van der Waals surface area contributed by atoms with Crippen molar-refractivity contribution in [2.24, 2.45) is 0 Å². The van der Waals surface area contributed by atoms with Crippen molar-refractivity contribution in [3.05, 3.63) is 67.6 Å². The number of fused-ring (bicyclic) bond motifs is 2. The lowest BCUT2D eigenvalue weighted by atomic mass is 10.1. The van der Waals surface area contributed by atoms with Crippen LogP contribution in [-0.2, 0) is 13.1 Å². The van der Waals surface area contributed by atoms with Crippen LogP contribution >= 0.6 is 0 Å². The summed E-state index contributed by atoms with van der Waals surface area (Å²) in [5, 5.41) is 13.7. The van der Waals surface area contributed by atoms with Crippen LogP contribution in [0.25, 0.3) is 33.5 Å². The van der Waals surface area contributed by atoms with Gasteiger partial charge in [0.2, 0.25) is 5.65 Å². The minimum atomic E-state index is 0.519. The predicted octanol–water partition coefficient (Wildman–Crippen LogP) is 2.52. The van der Waals surface area contributed by atoms with Crippen molar-refractivity contribution in [1.29, 1.82) is 0 Å². The Morgan fingerprint density at radius 2 is 2.04 bits per heavy atom. The molecule has 0 N–H and O–H groups in total. The molecular formula is C19H15N8. The average molecular weight is 355 g/mol. The molecule has 131 valence electrons. The summed E-state index contributed by atoms with van der Waals surface area (Å²) in [6.07, 6.45) is 7.13. The first-order valence-electron chi connectivity index (χ1n) is 8.52. The van der Waals surface area contributed by atoms with Gasteiger partial charge in [0.05, 0.1) is 30.1 Å². The quantitative estimate of drug-likeness (QED) is 0.492. The molecule has 8 nitrogen and oxygen atoms in total. The Bertz CT molecular complexity index is 1250. The molecule has 0 bridgehead atoms. The molecule has 0 unspecified atom stereocenters. The van der Waals surface area contributed by atoms with Gasteiger partial charge >= 0.3 is 0 Å². The van der Waals surface area contributed by atoms with E-state index in [1.165, 1.54) is 0 Å². The summed E-state index contributed by atoms with van der Waals surface area (Å²) >= 11 is 0. The summed E-state index contributed by atoms with van der Waals surface area (Å²) < 4.78 is 3.51. The molecule has 0 saturated carbocycles. The summed E-state index contributed by atoms with van der Waals surface area (Å²) in [4.78, 5) is 13.4. The molecule has 1 radical (unpaired) electrons. The van der Waals surface area contributed by atoms with Crippen molar-refractivity contribution in [3.8, 4) is 11.3 Å². The topological polar surface area (TPSA) is 87.2 Å². The monoisotopic (exact) mass is 355 g/mol. The Labute approximate surface area is 154 Å². The molecule has 8 heteroatoms. The molecule has 0 fully saturated rings. The van der Waals surface area contributed by atoms with Crippen molar-refractivity contribution in [3.63, 3.8) is 0 Å². The molecule has 0 amide bonds. The van der Waals surface area contributed by atoms with Crippen LogP contribution in [0.3, 0.4) is 0 Å². The van der Waals surface area contributed by atoms with E-state index in [1.807, 2.05) is 30.5 Å². The second-order valence-corrected chi connectivity index (χ2v) is 6.17. The first-order chi connectivity index (χ1) is 13.3. The number of nitrogens with zero attached hydrogens (tertiary/aromatic N) is 8. The number of hydrogen-bond donors (Lipinski definition) is 0. The van der Waals surface area contributed by atoms with E-state index in [1.54, 1.807) is 28.0 Å². The van der Waals surface area contributed by atoms with Crippen molar-refractivity contribution >= 4 is 22.2 Å². The minimum Gasteiger partial charge on any atom is -0.272 e. The molecular weight excluding hydrogens is 340 g/mol. The first-order valence-corrected chi connectivity index (χ1v) is 8.52. The second-order valence-electron chi connectivity index (χ2n) is 6.17. The predicted molar refractivity (Wildman–Crippen MR) is 101 cm³/mol. The third-order valence-corrected chi connectivity index (χ3v) is 4.39. The zero-order valence-corrected chi connectivity index (χ0v) is 14.4. The van der Waals surface area contributed by atoms with Gasteiger partial charge in [-0.3, -0.25) is 9.67 Å². The van der Waals surface area contributed by atoms with E-state index in [-0.39, 0.29) is 0 Å². The SMILES string of the molecule is [CH2]Cn1cc(-c2cnc3nnn(Cc4ccc5ncccc5c4)c3n2)cn1. The first kappa shape index (κ1) is 15.6.